The van der Waals surface area contributed by atoms with E-state index in [4.69, 9.17) is 0 Å². The molecular weight excluding hydrogens is 350 g/mol. The van der Waals surface area contributed by atoms with Crippen LogP contribution in [0.1, 0.15) is 21.5 Å². The van der Waals surface area contributed by atoms with Crippen molar-refractivity contribution in [1.82, 2.24) is 14.8 Å². The highest BCUT2D eigenvalue weighted by Crippen LogP contribution is 2.30. The zero-order chi connectivity index (χ0) is 18.1. The van der Waals surface area contributed by atoms with Gasteiger partial charge in [-0.25, -0.2) is 8.42 Å². The molecule has 0 spiro atoms. The van der Waals surface area contributed by atoms with E-state index in [2.05, 4.69) is 9.88 Å². The highest BCUT2D eigenvalue weighted by molar-refractivity contribution is 7.94. The summed E-state index contributed by atoms with van der Waals surface area (Å²) >= 11 is 0. The van der Waals surface area contributed by atoms with Gasteiger partial charge in [-0.15, -0.1) is 0 Å². The Balaban J connectivity index is 1.45. The van der Waals surface area contributed by atoms with Gasteiger partial charge in [-0.1, -0.05) is 12.1 Å². The Morgan fingerprint density at radius 1 is 1.08 bits per heavy atom. The molecule has 26 heavy (non-hydrogen) atoms. The summed E-state index contributed by atoms with van der Waals surface area (Å²) in [7, 11) is -3.40. The summed E-state index contributed by atoms with van der Waals surface area (Å²) in [5.41, 5.74) is 2.12. The molecule has 0 saturated carbocycles. The van der Waals surface area contributed by atoms with E-state index in [1.54, 1.807) is 29.3 Å². The monoisotopic (exact) mass is 369 g/mol. The Morgan fingerprint density at radius 3 is 2.62 bits per heavy atom. The molecule has 0 N–H and O–H groups in total. The van der Waals surface area contributed by atoms with Crippen LogP contribution in [0.25, 0.3) is 6.08 Å². The van der Waals surface area contributed by atoms with Crippen molar-refractivity contribution in [3.63, 3.8) is 0 Å². The number of benzene rings is 1. The maximum absolute atomic E-state index is 12.9. The predicted molar refractivity (Wildman–Crippen MR) is 98.1 cm³/mol. The number of piperazine rings is 1. The molecule has 2 aliphatic heterocycles. The topological polar surface area (TPSA) is 70.6 Å². The lowest BCUT2D eigenvalue weighted by atomic mass is 10.1. The minimum atomic E-state index is -3.40. The average molecular weight is 369 g/mol. The van der Waals surface area contributed by atoms with Crippen LogP contribution in [0.5, 0.6) is 0 Å². The molecular formula is C19H19N3O3S. The number of amides is 1. The lowest BCUT2D eigenvalue weighted by Crippen LogP contribution is -2.48. The van der Waals surface area contributed by atoms with Crippen LogP contribution >= 0.6 is 0 Å². The molecule has 2 aliphatic rings. The summed E-state index contributed by atoms with van der Waals surface area (Å²) in [6.45, 7) is 3.63. The molecule has 0 bridgehead atoms. The van der Waals surface area contributed by atoms with E-state index in [-0.39, 0.29) is 10.8 Å². The van der Waals surface area contributed by atoms with Gasteiger partial charge in [-0.3, -0.25) is 14.7 Å². The summed E-state index contributed by atoms with van der Waals surface area (Å²) in [6, 6.07) is 8.86. The van der Waals surface area contributed by atoms with Gasteiger partial charge in [0.05, 0.1) is 4.90 Å². The van der Waals surface area contributed by atoms with Gasteiger partial charge in [0.1, 0.15) is 0 Å². The minimum absolute atomic E-state index is 0.107. The molecule has 6 nitrogen and oxygen atoms in total. The van der Waals surface area contributed by atoms with Crippen molar-refractivity contribution in [2.75, 3.05) is 26.2 Å². The fourth-order valence-corrected chi connectivity index (χ4v) is 4.63. The minimum Gasteiger partial charge on any atom is -0.336 e. The molecule has 1 amide bonds. The molecule has 1 saturated heterocycles. The zero-order valence-electron chi connectivity index (χ0n) is 14.2. The molecule has 0 atom stereocenters. The first-order valence-corrected chi connectivity index (χ1v) is 10.1. The third-order valence-corrected chi connectivity index (χ3v) is 6.27. The van der Waals surface area contributed by atoms with Gasteiger partial charge in [0.25, 0.3) is 5.91 Å². The van der Waals surface area contributed by atoms with Crippen molar-refractivity contribution < 1.29 is 13.2 Å². The smallest absolute Gasteiger partial charge is 0.254 e. The molecule has 0 unspecified atom stereocenters. The number of carbonyl (C=O) groups is 1. The SMILES string of the molecule is O=C(c1cccc2c1C=CS2(=O)=O)N1CCN(Cc2cccnc2)CC1. The summed E-state index contributed by atoms with van der Waals surface area (Å²) < 4.78 is 24.0. The molecule has 4 rings (SSSR count). The average Bonchev–Trinajstić information content (AvgIpc) is 2.98. The number of hydrogen-bond acceptors (Lipinski definition) is 5. The molecule has 134 valence electrons. The van der Waals surface area contributed by atoms with Gasteiger partial charge in [-0.05, 0) is 29.8 Å². The van der Waals surface area contributed by atoms with Crippen molar-refractivity contribution in [3.05, 3.63) is 64.8 Å². The molecule has 1 fully saturated rings. The molecule has 1 aromatic carbocycles. The summed E-state index contributed by atoms with van der Waals surface area (Å²) in [5.74, 6) is -0.107. The van der Waals surface area contributed by atoms with E-state index in [0.29, 0.717) is 24.2 Å². The van der Waals surface area contributed by atoms with Gasteiger partial charge >= 0.3 is 0 Å². The van der Waals surface area contributed by atoms with Gasteiger partial charge in [0.2, 0.25) is 0 Å². The first-order chi connectivity index (χ1) is 12.5. The Morgan fingerprint density at radius 2 is 1.88 bits per heavy atom. The number of sulfone groups is 1. The van der Waals surface area contributed by atoms with Crippen LogP contribution in [0.3, 0.4) is 0 Å². The molecule has 1 aromatic heterocycles. The highest BCUT2D eigenvalue weighted by Gasteiger charge is 2.28. The lowest BCUT2D eigenvalue weighted by Gasteiger charge is -2.35. The second-order valence-corrected chi connectivity index (χ2v) is 8.30. The van der Waals surface area contributed by atoms with Crippen LogP contribution in [0.15, 0.2) is 53.0 Å². The fourth-order valence-electron chi connectivity index (χ4n) is 3.41. The standard InChI is InChI=1S/C19H19N3O3S/c23-19(17-4-1-5-18-16(17)6-12-26(18,24)25)22-10-8-21(9-11-22)14-15-3-2-7-20-13-15/h1-7,12-13H,8-11,14H2. The number of hydrogen-bond donors (Lipinski definition) is 0. The Kier molecular flexibility index (Phi) is 4.34. The van der Waals surface area contributed by atoms with Gasteiger partial charge < -0.3 is 4.90 Å². The van der Waals surface area contributed by atoms with E-state index in [1.165, 1.54) is 11.5 Å². The number of pyridine rings is 1. The Labute approximate surface area is 152 Å². The van der Waals surface area contributed by atoms with Gasteiger partial charge in [0.15, 0.2) is 9.84 Å². The highest BCUT2D eigenvalue weighted by atomic mass is 32.2. The number of carbonyl (C=O) groups excluding carboxylic acids is 1. The number of rotatable bonds is 3. The van der Waals surface area contributed by atoms with Crippen LogP contribution in [-0.4, -0.2) is 55.3 Å². The van der Waals surface area contributed by atoms with Gasteiger partial charge in [0, 0.05) is 61.7 Å². The van der Waals surface area contributed by atoms with E-state index < -0.39 is 9.84 Å². The Hall–Kier alpha value is -2.51. The van der Waals surface area contributed by atoms with Crippen molar-refractivity contribution in [2.24, 2.45) is 0 Å². The maximum atomic E-state index is 12.9. The number of fused-ring (bicyclic) bond motifs is 1. The maximum Gasteiger partial charge on any atom is 0.254 e. The normalized spacial score (nSPS) is 18.7. The second kappa shape index (κ2) is 6.66. The summed E-state index contributed by atoms with van der Waals surface area (Å²) in [4.78, 5) is 21.3. The van der Waals surface area contributed by atoms with Gasteiger partial charge in [-0.2, -0.15) is 0 Å². The first kappa shape index (κ1) is 16.9. The van der Waals surface area contributed by atoms with Crippen molar-refractivity contribution in [2.45, 2.75) is 11.4 Å². The van der Waals surface area contributed by atoms with Crippen LogP contribution < -0.4 is 0 Å². The van der Waals surface area contributed by atoms with E-state index in [1.807, 2.05) is 18.3 Å². The number of aromatic nitrogens is 1. The van der Waals surface area contributed by atoms with E-state index in [9.17, 15) is 13.2 Å². The summed E-state index contributed by atoms with van der Waals surface area (Å²) in [6.07, 6.45) is 5.14. The van der Waals surface area contributed by atoms with Crippen LogP contribution in [0.2, 0.25) is 0 Å². The third kappa shape index (κ3) is 3.15. The zero-order valence-corrected chi connectivity index (χ0v) is 15.0. The molecule has 0 radical (unpaired) electrons. The van der Waals surface area contributed by atoms with E-state index in [0.717, 1.165) is 25.2 Å². The second-order valence-electron chi connectivity index (χ2n) is 6.49. The molecule has 3 heterocycles. The van der Waals surface area contributed by atoms with Crippen LogP contribution in [-0.2, 0) is 16.4 Å². The Bertz CT molecular complexity index is 963. The summed E-state index contributed by atoms with van der Waals surface area (Å²) in [5, 5.41) is 1.17. The largest absolute Gasteiger partial charge is 0.336 e. The van der Waals surface area contributed by atoms with Crippen molar-refractivity contribution >= 4 is 21.8 Å². The third-order valence-electron chi connectivity index (χ3n) is 4.81. The van der Waals surface area contributed by atoms with Crippen molar-refractivity contribution in [1.29, 1.82) is 0 Å². The molecule has 2 aromatic rings. The fraction of sp³-hybridized carbons (Fsp3) is 0.263. The van der Waals surface area contributed by atoms with Crippen LogP contribution in [0.4, 0.5) is 0 Å². The lowest BCUT2D eigenvalue weighted by molar-refractivity contribution is 0.0628. The van der Waals surface area contributed by atoms with E-state index >= 15 is 0 Å². The first-order valence-electron chi connectivity index (χ1n) is 8.51. The number of nitrogens with zero attached hydrogens (tertiary/aromatic N) is 3. The predicted octanol–water partition coefficient (Wildman–Crippen LogP) is 1.80. The molecule has 7 heteroatoms. The molecule has 0 aliphatic carbocycles. The quantitative estimate of drug-likeness (QED) is 0.825. The van der Waals surface area contributed by atoms with Crippen molar-refractivity contribution in [3.8, 4) is 0 Å². The van der Waals surface area contributed by atoms with Crippen LogP contribution in [0, 0.1) is 0 Å².